The van der Waals surface area contributed by atoms with Gasteiger partial charge in [0.1, 0.15) is 10.6 Å². The van der Waals surface area contributed by atoms with Gasteiger partial charge < -0.3 is 9.84 Å². The van der Waals surface area contributed by atoms with Crippen LogP contribution in [-0.2, 0) is 24.8 Å². The van der Waals surface area contributed by atoms with Crippen LogP contribution in [0, 0.1) is 27.7 Å². The van der Waals surface area contributed by atoms with Crippen molar-refractivity contribution in [2.45, 2.75) is 50.5 Å². The maximum Gasteiger partial charge on any atom is 0.246 e. The summed E-state index contributed by atoms with van der Waals surface area (Å²) in [6.45, 7) is 7.64. The van der Waals surface area contributed by atoms with E-state index in [1.807, 2.05) is 0 Å². The minimum Gasteiger partial charge on any atom is -0.360 e. The molecule has 0 aliphatic heterocycles. The number of hydrogen-bond acceptors (Lipinski definition) is 7. The fourth-order valence-electron chi connectivity index (χ4n) is 2.56. The molecule has 4 N–H and O–H groups in total. The minimum absolute atomic E-state index is 0.102. The molecule has 1 aromatic carbocycles. The van der Waals surface area contributed by atoms with Crippen LogP contribution in [0.3, 0.4) is 0 Å². The number of amides is 1. The second kappa shape index (κ2) is 7.62. The topological polar surface area (TPSA) is 161 Å². The fraction of sp³-hybridized carbons (Fsp3) is 0.375. The molecule has 12 heteroatoms. The van der Waals surface area contributed by atoms with E-state index in [9.17, 15) is 21.6 Å². The number of nitrogens with two attached hydrogens (primary N) is 1. The summed E-state index contributed by atoms with van der Waals surface area (Å²) in [6.07, 6.45) is 0. The molecule has 2 rings (SSSR count). The van der Waals surface area contributed by atoms with Crippen molar-refractivity contribution < 1.29 is 26.2 Å². The summed E-state index contributed by atoms with van der Waals surface area (Å²) in [7, 11) is -8.02. The molecule has 154 valence electrons. The Balaban J connectivity index is 2.27. The van der Waals surface area contributed by atoms with E-state index in [4.69, 9.17) is 9.66 Å². The molecule has 1 atom stereocenters. The highest BCUT2D eigenvalue weighted by Crippen LogP contribution is 2.24. The Morgan fingerprint density at radius 1 is 1.14 bits per heavy atom. The van der Waals surface area contributed by atoms with Crippen molar-refractivity contribution in [3.8, 4) is 0 Å². The number of benzene rings is 1. The van der Waals surface area contributed by atoms with E-state index in [2.05, 4.69) is 15.2 Å². The van der Waals surface area contributed by atoms with Gasteiger partial charge in [-0.15, -0.1) is 0 Å². The first-order chi connectivity index (χ1) is 12.7. The Morgan fingerprint density at radius 2 is 1.75 bits per heavy atom. The Labute approximate surface area is 163 Å². The highest BCUT2D eigenvalue weighted by atomic mass is 32.2. The van der Waals surface area contributed by atoms with Crippen LogP contribution in [0.25, 0.3) is 0 Å². The van der Waals surface area contributed by atoms with Crippen LogP contribution in [0.2, 0.25) is 0 Å². The molecule has 10 nitrogen and oxygen atoms in total. The van der Waals surface area contributed by atoms with E-state index >= 15 is 0 Å². The highest BCUT2D eigenvalue weighted by molar-refractivity contribution is 7.89. The summed E-state index contributed by atoms with van der Waals surface area (Å²) >= 11 is 0. The molecule has 0 saturated heterocycles. The summed E-state index contributed by atoms with van der Waals surface area (Å²) in [5.41, 5.74) is 1.62. The van der Waals surface area contributed by atoms with Crippen molar-refractivity contribution in [2.75, 3.05) is 5.32 Å². The van der Waals surface area contributed by atoms with Gasteiger partial charge in [-0.05, 0) is 57.9 Å². The molecule has 0 unspecified atom stereocenters. The second-order valence-electron chi connectivity index (χ2n) is 6.44. The van der Waals surface area contributed by atoms with Crippen molar-refractivity contribution in [2.24, 2.45) is 5.14 Å². The lowest BCUT2D eigenvalue weighted by atomic mass is 10.1. The zero-order valence-electron chi connectivity index (χ0n) is 16.0. The molecule has 0 fully saturated rings. The Bertz CT molecular complexity index is 1120. The first kappa shape index (κ1) is 22.0. The number of anilines is 1. The molecule has 2 aromatic rings. The number of carbonyl (C=O) groups excluding carboxylic acids is 1. The van der Waals surface area contributed by atoms with E-state index in [1.165, 1.54) is 32.9 Å². The number of rotatable bonds is 6. The third-order valence-electron chi connectivity index (χ3n) is 4.19. The number of nitrogens with zero attached hydrogens (tertiary/aromatic N) is 1. The summed E-state index contributed by atoms with van der Waals surface area (Å²) < 4.78 is 55.4. The van der Waals surface area contributed by atoms with Gasteiger partial charge in [0.05, 0.1) is 10.9 Å². The van der Waals surface area contributed by atoms with Crippen LogP contribution < -0.4 is 15.2 Å². The van der Waals surface area contributed by atoms with Crippen molar-refractivity contribution in [1.29, 1.82) is 0 Å². The molecule has 0 spiro atoms. The Kier molecular flexibility index (Phi) is 5.99. The van der Waals surface area contributed by atoms with E-state index in [0.717, 1.165) is 0 Å². The van der Waals surface area contributed by atoms with Gasteiger partial charge in [-0.1, -0.05) is 5.16 Å². The third-order valence-corrected chi connectivity index (χ3v) is 6.87. The summed E-state index contributed by atoms with van der Waals surface area (Å²) in [4.78, 5) is 12.2. The van der Waals surface area contributed by atoms with Crippen LogP contribution in [0.5, 0.6) is 0 Å². The monoisotopic (exact) mass is 430 g/mol. The highest BCUT2D eigenvalue weighted by Gasteiger charge is 2.28. The van der Waals surface area contributed by atoms with Crippen LogP contribution in [0.1, 0.15) is 29.5 Å². The van der Waals surface area contributed by atoms with Crippen LogP contribution in [-0.4, -0.2) is 33.9 Å². The molecule has 28 heavy (non-hydrogen) atoms. The number of nitrogens with one attached hydrogen (secondary N) is 2. The van der Waals surface area contributed by atoms with Gasteiger partial charge in [0, 0.05) is 5.69 Å². The van der Waals surface area contributed by atoms with Crippen LogP contribution in [0.4, 0.5) is 5.69 Å². The SMILES string of the molecule is Cc1cc(S(N)(=O)=O)cc(NC(=O)[C@H](C)NS(=O)(=O)c2c(C)noc2C)c1C. The summed E-state index contributed by atoms with van der Waals surface area (Å²) in [5.74, 6) is -0.575. The molecule has 0 aliphatic rings. The number of hydrogen-bond donors (Lipinski definition) is 3. The van der Waals surface area contributed by atoms with Gasteiger partial charge in [-0.25, -0.2) is 22.0 Å². The first-order valence-corrected chi connectivity index (χ1v) is 11.2. The largest absolute Gasteiger partial charge is 0.360 e. The molecule has 1 heterocycles. The van der Waals surface area contributed by atoms with Gasteiger partial charge in [0.25, 0.3) is 0 Å². The molecule has 1 aromatic heterocycles. The van der Waals surface area contributed by atoms with Crippen molar-refractivity contribution in [3.05, 3.63) is 34.7 Å². The van der Waals surface area contributed by atoms with E-state index in [-0.39, 0.29) is 26.9 Å². The first-order valence-electron chi connectivity index (χ1n) is 8.14. The van der Waals surface area contributed by atoms with Gasteiger partial charge in [0.15, 0.2) is 5.76 Å². The number of sulfonamides is 2. The number of primary sulfonamides is 1. The lowest BCUT2D eigenvalue weighted by molar-refractivity contribution is -0.117. The van der Waals surface area contributed by atoms with Crippen molar-refractivity contribution in [3.63, 3.8) is 0 Å². The van der Waals surface area contributed by atoms with Crippen LogP contribution in [0.15, 0.2) is 26.4 Å². The lowest BCUT2D eigenvalue weighted by Gasteiger charge is -2.17. The normalized spacial score (nSPS) is 13.4. The minimum atomic E-state index is -4.05. The molecule has 0 aliphatic carbocycles. The quantitative estimate of drug-likeness (QED) is 0.612. The van der Waals surface area contributed by atoms with Gasteiger partial charge in [-0.2, -0.15) is 4.72 Å². The molecular weight excluding hydrogens is 408 g/mol. The third kappa shape index (κ3) is 4.58. The zero-order valence-corrected chi connectivity index (χ0v) is 17.7. The average molecular weight is 431 g/mol. The Hall–Kier alpha value is -2.28. The predicted molar refractivity (Wildman–Crippen MR) is 102 cm³/mol. The maximum atomic E-state index is 12.5. The molecule has 0 radical (unpaired) electrons. The van der Waals surface area contributed by atoms with Gasteiger partial charge in [0.2, 0.25) is 26.0 Å². The molecule has 0 saturated carbocycles. The fourth-order valence-corrected chi connectivity index (χ4v) is 4.72. The Morgan fingerprint density at radius 3 is 2.25 bits per heavy atom. The average Bonchev–Trinajstić information content (AvgIpc) is 2.89. The van der Waals surface area contributed by atoms with Gasteiger partial charge >= 0.3 is 0 Å². The van der Waals surface area contributed by atoms with E-state index < -0.39 is 32.0 Å². The van der Waals surface area contributed by atoms with Crippen molar-refractivity contribution in [1.82, 2.24) is 9.88 Å². The van der Waals surface area contributed by atoms with E-state index in [0.29, 0.717) is 11.1 Å². The molecule has 0 bridgehead atoms. The predicted octanol–water partition coefficient (Wildman–Crippen LogP) is 0.861. The number of aryl methyl sites for hydroxylation is 3. The second-order valence-corrected chi connectivity index (χ2v) is 9.66. The summed E-state index contributed by atoms with van der Waals surface area (Å²) in [6, 6.07) is 1.46. The maximum absolute atomic E-state index is 12.5. The smallest absolute Gasteiger partial charge is 0.246 e. The van der Waals surface area contributed by atoms with Crippen LogP contribution >= 0.6 is 0 Å². The summed E-state index contributed by atoms with van der Waals surface area (Å²) in [5, 5.41) is 11.3. The lowest BCUT2D eigenvalue weighted by Crippen LogP contribution is -2.41. The molecular formula is C16H22N4O6S2. The van der Waals surface area contributed by atoms with Gasteiger partial charge in [-0.3, -0.25) is 4.79 Å². The number of carbonyl (C=O) groups is 1. The standard InChI is InChI=1S/C16H22N4O6S2/c1-8-6-13(27(17,22)23)7-14(9(8)2)18-16(21)11(4)20-28(24,25)15-10(3)19-26-12(15)5/h6-7,11,20H,1-5H3,(H,18,21)(H2,17,22,23)/t11-/m0/s1. The zero-order chi connectivity index (χ0) is 21.4. The van der Waals surface area contributed by atoms with E-state index in [1.54, 1.807) is 13.8 Å². The molecule has 1 amide bonds. The number of aromatic nitrogens is 1. The van der Waals surface area contributed by atoms with Crippen molar-refractivity contribution >= 4 is 31.6 Å².